The molecule has 1 fully saturated rings. The first-order valence-electron chi connectivity index (χ1n) is 8.58. The van der Waals surface area contributed by atoms with Crippen molar-refractivity contribution in [3.8, 4) is 11.8 Å². The molecule has 1 amide bonds. The Bertz CT molecular complexity index is 531. The van der Waals surface area contributed by atoms with Gasteiger partial charge in [-0.25, -0.2) is 0 Å². The third kappa shape index (κ3) is 6.32. The van der Waals surface area contributed by atoms with Crippen LogP contribution in [0.1, 0.15) is 40.5 Å². The summed E-state index contributed by atoms with van der Waals surface area (Å²) in [5.74, 6) is 1.14. The molecule has 1 aromatic heterocycles. The smallest absolute Gasteiger partial charge is 0.239 e. The molecule has 2 rings (SSSR count). The van der Waals surface area contributed by atoms with Gasteiger partial charge in [-0.3, -0.25) is 4.79 Å². The zero-order valence-electron chi connectivity index (χ0n) is 15.3. The maximum Gasteiger partial charge on any atom is 0.239 e. The predicted molar refractivity (Wildman–Crippen MR) is 98.1 cm³/mol. The van der Waals surface area contributed by atoms with E-state index < -0.39 is 6.04 Å². The number of hydrogen-bond acceptors (Lipinski definition) is 6. The first kappa shape index (κ1) is 21.4. The minimum absolute atomic E-state index is 0. The average molecular weight is 373 g/mol. The molecular formula is C17H29ClN4O3. The fourth-order valence-electron chi connectivity index (χ4n) is 2.54. The van der Waals surface area contributed by atoms with Gasteiger partial charge >= 0.3 is 0 Å². The molecule has 1 atom stereocenters. The molecule has 142 valence electrons. The van der Waals surface area contributed by atoms with Gasteiger partial charge in [0.2, 0.25) is 17.7 Å². The van der Waals surface area contributed by atoms with Gasteiger partial charge in [-0.2, -0.15) is 0 Å². The molecule has 8 heteroatoms. The molecule has 0 radical (unpaired) electrons. The fourth-order valence-corrected chi connectivity index (χ4v) is 2.54. The fraction of sp³-hybridized carbons (Fsp3) is 0.706. The van der Waals surface area contributed by atoms with Crippen LogP contribution in [0.3, 0.4) is 0 Å². The second-order valence-corrected chi connectivity index (χ2v) is 6.79. The Kier molecular flexibility index (Phi) is 8.38. The minimum Gasteiger partial charge on any atom is -0.474 e. The molecule has 1 aromatic rings. The van der Waals surface area contributed by atoms with E-state index in [1.807, 2.05) is 32.6 Å². The van der Waals surface area contributed by atoms with Gasteiger partial charge in [0.25, 0.3) is 0 Å². The van der Waals surface area contributed by atoms with Crippen LogP contribution in [0.5, 0.6) is 11.8 Å². The summed E-state index contributed by atoms with van der Waals surface area (Å²) < 4.78 is 11.3. The number of rotatable bonds is 6. The van der Waals surface area contributed by atoms with Gasteiger partial charge < -0.3 is 20.1 Å². The number of hydrogen-bond donors (Lipinski definition) is 1. The van der Waals surface area contributed by atoms with E-state index in [9.17, 15) is 4.79 Å². The number of piperidine rings is 1. The number of nitrogens with two attached hydrogens (primary N) is 1. The molecular weight excluding hydrogens is 344 g/mol. The Morgan fingerprint density at radius 2 is 1.72 bits per heavy atom. The summed E-state index contributed by atoms with van der Waals surface area (Å²) in [4.78, 5) is 14.1. The highest BCUT2D eigenvalue weighted by Crippen LogP contribution is 2.19. The Morgan fingerprint density at radius 3 is 2.20 bits per heavy atom. The number of carbonyl (C=O) groups excluding carboxylic acids is 1. The predicted octanol–water partition coefficient (Wildman–Crippen LogP) is 2.04. The van der Waals surface area contributed by atoms with Crippen LogP contribution in [0, 0.1) is 5.92 Å². The van der Waals surface area contributed by atoms with Crippen LogP contribution in [0.25, 0.3) is 0 Å². The molecule has 0 bridgehead atoms. The number of amides is 1. The maximum atomic E-state index is 12.3. The van der Waals surface area contributed by atoms with E-state index >= 15 is 0 Å². The van der Waals surface area contributed by atoms with Crippen molar-refractivity contribution in [1.82, 2.24) is 15.1 Å². The van der Waals surface area contributed by atoms with Gasteiger partial charge in [-0.15, -0.1) is 22.6 Å². The minimum atomic E-state index is -0.429. The molecule has 7 nitrogen and oxygen atoms in total. The van der Waals surface area contributed by atoms with Gasteiger partial charge in [0.05, 0.1) is 12.1 Å². The summed E-state index contributed by atoms with van der Waals surface area (Å²) in [6.45, 7) is 9.12. The summed E-state index contributed by atoms with van der Waals surface area (Å²) in [5.41, 5.74) is 5.94. The molecule has 0 aliphatic carbocycles. The van der Waals surface area contributed by atoms with Crippen molar-refractivity contribution in [1.29, 1.82) is 0 Å². The third-order valence-electron chi connectivity index (χ3n) is 4.02. The van der Waals surface area contributed by atoms with Crippen molar-refractivity contribution < 1.29 is 14.3 Å². The van der Waals surface area contributed by atoms with Gasteiger partial charge in [-0.1, -0.05) is 13.8 Å². The highest BCUT2D eigenvalue weighted by Gasteiger charge is 2.28. The van der Waals surface area contributed by atoms with E-state index in [0.29, 0.717) is 24.8 Å². The van der Waals surface area contributed by atoms with Gasteiger partial charge in [0, 0.05) is 38.1 Å². The lowest BCUT2D eigenvalue weighted by Gasteiger charge is -2.34. The number of halogens is 1. The monoisotopic (exact) mass is 372 g/mol. The molecule has 2 N–H and O–H groups in total. The second kappa shape index (κ2) is 9.77. The number of ether oxygens (including phenoxy) is 2. The first-order valence-corrected chi connectivity index (χ1v) is 8.58. The highest BCUT2D eigenvalue weighted by molar-refractivity contribution is 5.85. The topological polar surface area (TPSA) is 90.6 Å². The maximum absolute atomic E-state index is 12.3. The van der Waals surface area contributed by atoms with E-state index in [1.54, 1.807) is 12.1 Å². The van der Waals surface area contributed by atoms with Gasteiger partial charge in [-0.05, 0) is 19.8 Å². The molecule has 0 unspecified atom stereocenters. The summed E-state index contributed by atoms with van der Waals surface area (Å²) in [7, 11) is 0. The Morgan fingerprint density at radius 1 is 1.16 bits per heavy atom. The van der Waals surface area contributed by atoms with Gasteiger partial charge in [0.15, 0.2) is 0 Å². The molecule has 1 aliphatic rings. The largest absolute Gasteiger partial charge is 0.474 e. The summed E-state index contributed by atoms with van der Waals surface area (Å²) in [5, 5.41) is 8.03. The molecule has 0 aromatic carbocycles. The van der Waals surface area contributed by atoms with Crippen molar-refractivity contribution >= 4 is 18.3 Å². The molecule has 2 heterocycles. The Hall–Kier alpha value is -1.60. The van der Waals surface area contributed by atoms with E-state index in [4.69, 9.17) is 15.2 Å². The quantitative estimate of drug-likeness (QED) is 0.821. The molecule has 1 aliphatic heterocycles. The van der Waals surface area contributed by atoms with Crippen molar-refractivity contribution in [2.45, 2.75) is 58.8 Å². The van der Waals surface area contributed by atoms with Crippen molar-refractivity contribution in [2.24, 2.45) is 11.7 Å². The van der Waals surface area contributed by atoms with Crippen LogP contribution in [0.15, 0.2) is 12.1 Å². The van der Waals surface area contributed by atoms with Crippen molar-refractivity contribution in [2.75, 3.05) is 13.1 Å². The number of nitrogens with zero attached hydrogens (tertiary/aromatic N) is 3. The lowest BCUT2D eigenvalue weighted by atomic mass is 10.0. The summed E-state index contributed by atoms with van der Waals surface area (Å²) in [6, 6.07) is 3.08. The standard InChI is InChI=1S/C17H28N4O3.ClH/c1-11(2)16(18)17(22)21-9-7-13(8-10-21)24-15-6-5-14(19-20-15)23-12(3)4;/h5-6,11-13,16H,7-10,18H2,1-4H3;1H/t16-;/m0./s1. The van der Waals surface area contributed by atoms with Crippen molar-refractivity contribution in [3.63, 3.8) is 0 Å². The van der Waals surface area contributed by atoms with E-state index in [0.717, 1.165) is 12.8 Å². The first-order chi connectivity index (χ1) is 11.4. The van der Waals surface area contributed by atoms with Gasteiger partial charge in [0.1, 0.15) is 6.10 Å². The van der Waals surface area contributed by atoms with Crippen molar-refractivity contribution in [3.05, 3.63) is 12.1 Å². The average Bonchev–Trinajstić information content (AvgIpc) is 2.55. The molecule has 0 spiro atoms. The van der Waals surface area contributed by atoms with Crippen LogP contribution in [-0.2, 0) is 4.79 Å². The SMILES string of the molecule is CC(C)Oc1ccc(OC2CCN(C(=O)[C@@H](N)C(C)C)CC2)nn1.Cl. The second-order valence-electron chi connectivity index (χ2n) is 6.79. The molecule has 1 saturated heterocycles. The summed E-state index contributed by atoms with van der Waals surface area (Å²) in [6.07, 6.45) is 1.63. The van der Waals surface area contributed by atoms with E-state index in [-0.39, 0.29) is 36.4 Å². The number of carbonyl (C=O) groups is 1. The third-order valence-corrected chi connectivity index (χ3v) is 4.02. The van der Waals surface area contributed by atoms with Crippen LogP contribution >= 0.6 is 12.4 Å². The highest BCUT2D eigenvalue weighted by atomic mass is 35.5. The summed E-state index contributed by atoms with van der Waals surface area (Å²) >= 11 is 0. The Balaban J connectivity index is 0.00000312. The normalized spacial score (nSPS) is 16.5. The van der Waals surface area contributed by atoms with Crippen LogP contribution < -0.4 is 15.2 Å². The lowest BCUT2D eigenvalue weighted by Crippen LogP contribution is -2.50. The van der Waals surface area contributed by atoms with Crippen LogP contribution in [0.2, 0.25) is 0 Å². The number of likely N-dealkylation sites (tertiary alicyclic amines) is 1. The van der Waals surface area contributed by atoms with Crippen LogP contribution in [-0.4, -0.2) is 52.3 Å². The zero-order chi connectivity index (χ0) is 17.7. The van der Waals surface area contributed by atoms with E-state index in [2.05, 4.69) is 10.2 Å². The van der Waals surface area contributed by atoms with E-state index in [1.165, 1.54) is 0 Å². The van der Waals surface area contributed by atoms with Crippen LogP contribution in [0.4, 0.5) is 0 Å². The lowest BCUT2D eigenvalue weighted by molar-refractivity contribution is -0.135. The Labute approximate surface area is 155 Å². The number of aromatic nitrogens is 2. The molecule has 25 heavy (non-hydrogen) atoms. The zero-order valence-corrected chi connectivity index (χ0v) is 16.2. The molecule has 0 saturated carbocycles.